The van der Waals surface area contributed by atoms with Gasteiger partial charge in [0.2, 0.25) is 0 Å². The summed E-state index contributed by atoms with van der Waals surface area (Å²) in [6.45, 7) is 7.55. The van der Waals surface area contributed by atoms with Crippen molar-refractivity contribution < 1.29 is 4.79 Å². The maximum absolute atomic E-state index is 10.9. The molecule has 0 aliphatic heterocycles. The van der Waals surface area contributed by atoms with Crippen LogP contribution in [0.2, 0.25) is 0 Å². The predicted molar refractivity (Wildman–Crippen MR) is 43.5 cm³/mol. The lowest BCUT2D eigenvalue weighted by atomic mass is 10.2. The molecule has 58 valence electrons. The van der Waals surface area contributed by atoms with Gasteiger partial charge in [0.05, 0.1) is 5.71 Å². The summed E-state index contributed by atoms with van der Waals surface area (Å²) in [5.74, 6) is 0.147. The van der Waals surface area contributed by atoms with Crippen molar-refractivity contribution in [3.05, 3.63) is 0 Å². The number of nitrogens with zero attached hydrogens (tertiary/aromatic N) is 1. The number of aliphatic imine (C=N–C) groups is 1. The minimum absolute atomic E-state index is 0.147. The van der Waals surface area contributed by atoms with E-state index in [0.717, 1.165) is 0 Å². The molecule has 0 aromatic heterocycles. The third-order valence-corrected chi connectivity index (χ3v) is 1.18. The lowest BCUT2D eigenvalue weighted by Crippen LogP contribution is -2.10. The zero-order valence-corrected chi connectivity index (χ0v) is 7.14. The Labute approximate surface area is 62.4 Å². The molecule has 0 radical (unpaired) electrons. The van der Waals surface area contributed by atoms with Gasteiger partial charge in [-0.2, -0.15) is 0 Å². The fourth-order valence-corrected chi connectivity index (χ4v) is 0.715. The molecule has 0 spiro atoms. The largest absolute Gasteiger partial charge is 0.293 e. The molecule has 0 atom stereocenters. The number of Topliss-reactive ketones (excluding diaryl/α,β-unsaturated/α-hetero) is 1. The van der Waals surface area contributed by atoms with Crippen LogP contribution in [0.5, 0.6) is 0 Å². The van der Waals surface area contributed by atoms with E-state index in [1.807, 2.05) is 20.8 Å². The Morgan fingerprint density at radius 2 is 2.00 bits per heavy atom. The van der Waals surface area contributed by atoms with E-state index < -0.39 is 0 Å². The highest BCUT2D eigenvalue weighted by atomic mass is 16.1. The molecule has 0 N–H and O–H groups in total. The van der Waals surface area contributed by atoms with Crippen molar-refractivity contribution in [1.29, 1.82) is 0 Å². The monoisotopic (exact) mass is 141 g/mol. The predicted octanol–water partition coefficient (Wildman–Crippen LogP) is 1.83. The molecule has 0 heterocycles. The molecule has 0 saturated heterocycles. The molecule has 0 aromatic carbocycles. The first-order valence-electron chi connectivity index (χ1n) is 3.65. The zero-order chi connectivity index (χ0) is 8.15. The van der Waals surface area contributed by atoms with Crippen LogP contribution < -0.4 is 0 Å². The Hall–Kier alpha value is -0.660. The van der Waals surface area contributed by atoms with Gasteiger partial charge in [0.15, 0.2) is 5.78 Å². The number of carbonyl (C=O) groups is 1. The topological polar surface area (TPSA) is 29.4 Å². The van der Waals surface area contributed by atoms with E-state index in [4.69, 9.17) is 0 Å². The van der Waals surface area contributed by atoms with Crippen LogP contribution in [0.15, 0.2) is 4.99 Å². The Bertz CT molecular complexity index is 147. The summed E-state index contributed by atoms with van der Waals surface area (Å²) in [5.41, 5.74) is 0.650. The third-order valence-electron chi connectivity index (χ3n) is 1.18. The van der Waals surface area contributed by atoms with Gasteiger partial charge in [-0.25, -0.2) is 0 Å². The third kappa shape index (κ3) is 3.38. The second kappa shape index (κ2) is 4.20. The number of rotatable bonds is 3. The molecule has 0 amide bonds. The van der Waals surface area contributed by atoms with Crippen molar-refractivity contribution in [2.75, 3.05) is 0 Å². The van der Waals surface area contributed by atoms with Crippen LogP contribution in [0.1, 0.15) is 34.1 Å². The van der Waals surface area contributed by atoms with Gasteiger partial charge in [-0.1, -0.05) is 6.92 Å². The fraction of sp³-hybridized carbons (Fsp3) is 0.750. The maximum Gasteiger partial charge on any atom is 0.176 e. The maximum atomic E-state index is 10.9. The lowest BCUT2D eigenvalue weighted by molar-refractivity contribution is -0.112. The molecule has 0 aromatic rings. The summed E-state index contributed by atoms with van der Waals surface area (Å²) in [6, 6.07) is 0.232. The Balaban J connectivity index is 4.05. The molecule has 0 aliphatic rings. The van der Waals surface area contributed by atoms with E-state index in [0.29, 0.717) is 12.1 Å². The van der Waals surface area contributed by atoms with Crippen molar-refractivity contribution in [2.45, 2.75) is 40.2 Å². The summed E-state index contributed by atoms with van der Waals surface area (Å²) in [6.07, 6.45) is 0.558. The molecule has 0 fully saturated rings. The molecule has 0 aliphatic carbocycles. The minimum Gasteiger partial charge on any atom is -0.293 e. The minimum atomic E-state index is 0.147. The molecular weight excluding hydrogens is 126 g/mol. The molecular formula is C8H15NO. The summed E-state index contributed by atoms with van der Waals surface area (Å²) in [4.78, 5) is 15.0. The quantitative estimate of drug-likeness (QED) is 0.551. The normalized spacial score (nSPS) is 12.3. The fourth-order valence-electron chi connectivity index (χ4n) is 0.715. The Morgan fingerprint density at radius 3 is 2.30 bits per heavy atom. The van der Waals surface area contributed by atoms with Gasteiger partial charge in [-0.05, 0) is 20.8 Å². The first-order chi connectivity index (χ1) is 4.57. The summed E-state index contributed by atoms with van der Waals surface area (Å²) >= 11 is 0. The first-order valence-corrected chi connectivity index (χ1v) is 3.65. The van der Waals surface area contributed by atoms with Crippen LogP contribution >= 0.6 is 0 Å². The van der Waals surface area contributed by atoms with Gasteiger partial charge in [0, 0.05) is 12.5 Å². The highest BCUT2D eigenvalue weighted by Gasteiger charge is 2.01. The van der Waals surface area contributed by atoms with Gasteiger partial charge < -0.3 is 0 Å². The summed E-state index contributed by atoms with van der Waals surface area (Å²) < 4.78 is 0. The standard InChI is InChI=1S/C8H15NO/c1-5-8(10)7(4)9-6(2)3/h6H,5H2,1-4H3. The number of carbonyl (C=O) groups excluding carboxylic acids is 1. The van der Waals surface area contributed by atoms with Crippen LogP contribution in [0.4, 0.5) is 0 Å². The van der Waals surface area contributed by atoms with Crippen LogP contribution in [0.3, 0.4) is 0 Å². The van der Waals surface area contributed by atoms with Gasteiger partial charge in [-0.3, -0.25) is 9.79 Å². The van der Waals surface area contributed by atoms with Crippen molar-refractivity contribution >= 4 is 11.5 Å². The molecule has 2 nitrogen and oxygen atoms in total. The number of hydrogen-bond acceptors (Lipinski definition) is 2. The van der Waals surface area contributed by atoms with E-state index in [1.54, 1.807) is 6.92 Å². The second-order valence-electron chi connectivity index (χ2n) is 2.58. The molecule has 0 bridgehead atoms. The van der Waals surface area contributed by atoms with Crippen LogP contribution in [0.25, 0.3) is 0 Å². The highest BCUT2D eigenvalue weighted by Crippen LogP contribution is 1.91. The Morgan fingerprint density at radius 1 is 1.50 bits per heavy atom. The SMILES string of the molecule is CCC(=O)C(C)=NC(C)C. The molecule has 0 rings (SSSR count). The van der Waals surface area contributed by atoms with E-state index >= 15 is 0 Å². The number of ketones is 1. The average Bonchev–Trinajstić information content (AvgIpc) is 1.85. The van der Waals surface area contributed by atoms with Crippen molar-refractivity contribution in [2.24, 2.45) is 4.99 Å². The van der Waals surface area contributed by atoms with Gasteiger partial charge >= 0.3 is 0 Å². The van der Waals surface area contributed by atoms with Crippen LogP contribution in [-0.2, 0) is 4.79 Å². The van der Waals surface area contributed by atoms with Crippen LogP contribution in [-0.4, -0.2) is 17.5 Å². The van der Waals surface area contributed by atoms with Crippen LogP contribution in [0, 0.1) is 0 Å². The smallest absolute Gasteiger partial charge is 0.176 e. The molecule has 2 heteroatoms. The second-order valence-corrected chi connectivity index (χ2v) is 2.58. The average molecular weight is 141 g/mol. The van der Waals surface area contributed by atoms with E-state index in [9.17, 15) is 4.79 Å². The van der Waals surface area contributed by atoms with Gasteiger partial charge in [-0.15, -0.1) is 0 Å². The Kier molecular flexibility index (Phi) is 3.93. The highest BCUT2D eigenvalue weighted by molar-refractivity contribution is 6.38. The zero-order valence-electron chi connectivity index (χ0n) is 7.14. The molecule has 0 unspecified atom stereocenters. The first kappa shape index (κ1) is 9.34. The molecule has 10 heavy (non-hydrogen) atoms. The molecule has 0 saturated carbocycles. The summed E-state index contributed by atoms with van der Waals surface area (Å²) in [5, 5.41) is 0. The lowest BCUT2D eigenvalue weighted by Gasteiger charge is -1.98. The summed E-state index contributed by atoms with van der Waals surface area (Å²) in [7, 11) is 0. The number of hydrogen-bond donors (Lipinski definition) is 0. The van der Waals surface area contributed by atoms with E-state index in [2.05, 4.69) is 4.99 Å². The van der Waals surface area contributed by atoms with Gasteiger partial charge in [0.1, 0.15) is 0 Å². The van der Waals surface area contributed by atoms with Gasteiger partial charge in [0.25, 0.3) is 0 Å². The van der Waals surface area contributed by atoms with E-state index in [1.165, 1.54) is 0 Å². The van der Waals surface area contributed by atoms with Crippen molar-refractivity contribution in [1.82, 2.24) is 0 Å². The van der Waals surface area contributed by atoms with Crippen molar-refractivity contribution in [3.63, 3.8) is 0 Å². The van der Waals surface area contributed by atoms with E-state index in [-0.39, 0.29) is 11.8 Å². The van der Waals surface area contributed by atoms with Crippen molar-refractivity contribution in [3.8, 4) is 0 Å².